The average molecular weight is 301 g/mol. The summed E-state index contributed by atoms with van der Waals surface area (Å²) in [4.78, 5) is 3.78. The Balaban J connectivity index is 1.48. The molecule has 0 radical (unpaired) electrons. The fraction of sp³-hybridized carbons (Fsp3) is 0.333. The smallest absolute Gasteiger partial charge is 0.283 e. The predicted molar refractivity (Wildman–Crippen MR) is 78.6 cm³/mol. The molecule has 5 nitrogen and oxygen atoms in total. The molecule has 0 N–H and O–H groups in total. The van der Waals surface area contributed by atoms with Crippen LogP contribution in [0.1, 0.15) is 23.6 Å². The molecule has 1 saturated carbocycles. The van der Waals surface area contributed by atoms with Gasteiger partial charge in [0.05, 0.1) is 12.8 Å². The van der Waals surface area contributed by atoms with E-state index in [4.69, 9.17) is 8.83 Å². The van der Waals surface area contributed by atoms with Crippen LogP contribution < -0.4 is 0 Å². The van der Waals surface area contributed by atoms with Crippen molar-refractivity contribution in [3.05, 3.63) is 46.7 Å². The number of thiophene rings is 1. The quantitative estimate of drug-likeness (QED) is 0.697. The van der Waals surface area contributed by atoms with E-state index in [9.17, 15) is 0 Å². The van der Waals surface area contributed by atoms with Crippen molar-refractivity contribution in [3.8, 4) is 11.7 Å². The summed E-state index contributed by atoms with van der Waals surface area (Å²) in [6, 6.07) is 8.54. The summed E-state index contributed by atoms with van der Waals surface area (Å²) in [6.07, 6.45) is 4.11. The highest BCUT2D eigenvalue weighted by molar-refractivity contribution is 7.09. The molecule has 0 atom stereocenters. The van der Waals surface area contributed by atoms with Gasteiger partial charge in [0.25, 0.3) is 5.89 Å². The Bertz CT molecular complexity index is 686. The highest BCUT2D eigenvalue weighted by Gasteiger charge is 2.30. The van der Waals surface area contributed by atoms with Crippen LogP contribution in [-0.4, -0.2) is 21.1 Å². The van der Waals surface area contributed by atoms with Gasteiger partial charge < -0.3 is 8.83 Å². The Labute approximate surface area is 126 Å². The van der Waals surface area contributed by atoms with Crippen LogP contribution in [-0.2, 0) is 13.1 Å². The molecule has 108 valence electrons. The van der Waals surface area contributed by atoms with Gasteiger partial charge in [-0.15, -0.1) is 21.5 Å². The van der Waals surface area contributed by atoms with Crippen molar-refractivity contribution in [3.63, 3.8) is 0 Å². The SMILES string of the molecule is c1coc(-c2nnc(CN(Cc3cccs3)C3CC3)o2)c1. The third kappa shape index (κ3) is 2.91. The summed E-state index contributed by atoms with van der Waals surface area (Å²) in [5, 5.41) is 10.3. The van der Waals surface area contributed by atoms with Crippen LogP contribution in [0.4, 0.5) is 0 Å². The highest BCUT2D eigenvalue weighted by atomic mass is 32.1. The van der Waals surface area contributed by atoms with Crippen LogP contribution in [0, 0.1) is 0 Å². The van der Waals surface area contributed by atoms with E-state index in [2.05, 4.69) is 32.6 Å². The minimum Gasteiger partial charge on any atom is -0.459 e. The first-order valence-electron chi connectivity index (χ1n) is 7.01. The summed E-state index contributed by atoms with van der Waals surface area (Å²) in [5.41, 5.74) is 0. The maximum Gasteiger partial charge on any atom is 0.283 e. The molecule has 1 aliphatic rings. The molecule has 0 bridgehead atoms. The first-order valence-corrected chi connectivity index (χ1v) is 7.89. The van der Waals surface area contributed by atoms with Crippen molar-refractivity contribution >= 4 is 11.3 Å². The van der Waals surface area contributed by atoms with Crippen molar-refractivity contribution < 1.29 is 8.83 Å². The molecule has 0 aromatic carbocycles. The van der Waals surface area contributed by atoms with E-state index in [0.29, 0.717) is 30.1 Å². The van der Waals surface area contributed by atoms with Crippen LogP contribution >= 0.6 is 11.3 Å². The largest absolute Gasteiger partial charge is 0.459 e. The third-order valence-corrected chi connectivity index (χ3v) is 4.40. The number of furan rings is 1. The number of aromatic nitrogens is 2. The molecule has 0 saturated heterocycles. The number of nitrogens with zero attached hydrogens (tertiary/aromatic N) is 3. The van der Waals surface area contributed by atoms with Crippen LogP contribution in [0.2, 0.25) is 0 Å². The van der Waals surface area contributed by atoms with Gasteiger partial charge in [0.2, 0.25) is 5.89 Å². The van der Waals surface area contributed by atoms with Crippen molar-refractivity contribution in [2.75, 3.05) is 0 Å². The zero-order valence-corrected chi connectivity index (χ0v) is 12.3. The molecule has 0 aliphatic heterocycles. The topological polar surface area (TPSA) is 55.3 Å². The summed E-state index contributed by atoms with van der Waals surface area (Å²) in [6.45, 7) is 1.64. The van der Waals surface area contributed by atoms with Gasteiger partial charge in [0.15, 0.2) is 5.76 Å². The van der Waals surface area contributed by atoms with E-state index in [-0.39, 0.29) is 0 Å². The lowest BCUT2D eigenvalue weighted by molar-refractivity contribution is 0.223. The molecule has 0 unspecified atom stereocenters. The molecule has 3 aromatic heterocycles. The Morgan fingerprint density at radius 3 is 2.86 bits per heavy atom. The predicted octanol–water partition coefficient (Wildman–Crippen LogP) is 3.56. The zero-order valence-electron chi connectivity index (χ0n) is 11.4. The Hall–Kier alpha value is -1.92. The monoisotopic (exact) mass is 301 g/mol. The first-order chi connectivity index (χ1) is 10.4. The van der Waals surface area contributed by atoms with E-state index in [1.54, 1.807) is 17.6 Å². The van der Waals surface area contributed by atoms with Crippen molar-refractivity contribution in [2.45, 2.75) is 32.0 Å². The van der Waals surface area contributed by atoms with Gasteiger partial charge in [-0.1, -0.05) is 6.07 Å². The Morgan fingerprint density at radius 1 is 1.19 bits per heavy atom. The van der Waals surface area contributed by atoms with Gasteiger partial charge in [-0.05, 0) is 36.4 Å². The molecule has 0 spiro atoms. The van der Waals surface area contributed by atoms with Gasteiger partial charge in [-0.2, -0.15) is 0 Å². The second-order valence-corrected chi connectivity index (χ2v) is 6.23. The fourth-order valence-electron chi connectivity index (χ4n) is 2.35. The molecule has 3 heterocycles. The second kappa shape index (κ2) is 5.46. The van der Waals surface area contributed by atoms with Crippen molar-refractivity contribution in [1.82, 2.24) is 15.1 Å². The van der Waals surface area contributed by atoms with E-state index in [0.717, 1.165) is 6.54 Å². The maximum absolute atomic E-state index is 5.70. The van der Waals surface area contributed by atoms with E-state index in [1.807, 2.05) is 12.1 Å². The van der Waals surface area contributed by atoms with Gasteiger partial charge in [-0.25, -0.2) is 0 Å². The molecular weight excluding hydrogens is 286 g/mol. The van der Waals surface area contributed by atoms with Gasteiger partial charge in [0.1, 0.15) is 0 Å². The molecule has 3 aromatic rings. The van der Waals surface area contributed by atoms with Crippen molar-refractivity contribution in [1.29, 1.82) is 0 Å². The zero-order chi connectivity index (χ0) is 14.1. The molecule has 4 rings (SSSR count). The summed E-state index contributed by atoms with van der Waals surface area (Å²) in [5.74, 6) is 1.71. The first kappa shape index (κ1) is 12.8. The Kier molecular flexibility index (Phi) is 3.33. The number of hydrogen-bond acceptors (Lipinski definition) is 6. The van der Waals surface area contributed by atoms with Crippen LogP contribution in [0.15, 0.2) is 44.7 Å². The highest BCUT2D eigenvalue weighted by Crippen LogP contribution is 2.30. The van der Waals surface area contributed by atoms with E-state index < -0.39 is 0 Å². The minimum atomic E-state index is 0.446. The van der Waals surface area contributed by atoms with Crippen molar-refractivity contribution in [2.24, 2.45) is 0 Å². The lowest BCUT2D eigenvalue weighted by Gasteiger charge is -2.18. The molecule has 6 heteroatoms. The van der Waals surface area contributed by atoms with Gasteiger partial charge in [-0.3, -0.25) is 4.90 Å². The average Bonchev–Trinajstić information content (AvgIpc) is 2.93. The van der Waals surface area contributed by atoms with Crippen LogP contribution in [0.5, 0.6) is 0 Å². The summed E-state index contributed by atoms with van der Waals surface area (Å²) >= 11 is 1.79. The Morgan fingerprint density at radius 2 is 2.14 bits per heavy atom. The van der Waals surface area contributed by atoms with E-state index in [1.165, 1.54) is 17.7 Å². The van der Waals surface area contributed by atoms with Gasteiger partial charge >= 0.3 is 0 Å². The summed E-state index contributed by atoms with van der Waals surface area (Å²) in [7, 11) is 0. The lowest BCUT2D eigenvalue weighted by atomic mass is 10.4. The van der Waals surface area contributed by atoms with Crippen LogP contribution in [0.25, 0.3) is 11.7 Å². The number of rotatable bonds is 6. The fourth-order valence-corrected chi connectivity index (χ4v) is 3.08. The molecule has 21 heavy (non-hydrogen) atoms. The molecule has 1 fully saturated rings. The molecule has 0 amide bonds. The summed E-state index contributed by atoms with van der Waals surface area (Å²) < 4.78 is 11.0. The lowest BCUT2D eigenvalue weighted by Crippen LogP contribution is -2.24. The number of hydrogen-bond donors (Lipinski definition) is 0. The van der Waals surface area contributed by atoms with Gasteiger partial charge in [0, 0.05) is 17.5 Å². The third-order valence-electron chi connectivity index (χ3n) is 3.54. The minimum absolute atomic E-state index is 0.446. The second-order valence-electron chi connectivity index (χ2n) is 5.19. The normalized spacial score (nSPS) is 14.9. The molecule has 1 aliphatic carbocycles. The van der Waals surface area contributed by atoms with Crippen LogP contribution in [0.3, 0.4) is 0 Å². The van der Waals surface area contributed by atoms with E-state index >= 15 is 0 Å². The standard InChI is InChI=1S/C15H15N3O2S/c1-4-13(19-7-1)15-17-16-14(20-15)10-18(11-5-6-11)9-12-3-2-8-21-12/h1-4,7-8,11H,5-6,9-10H2. The molecular formula is C15H15N3O2S. The maximum atomic E-state index is 5.70.